The topological polar surface area (TPSA) is 99.4 Å². The molecule has 164 valence electrons. The molecular weight excluding hydrogens is 402 g/mol. The minimum absolute atomic E-state index is 0.104. The van der Waals surface area contributed by atoms with E-state index in [0.29, 0.717) is 35.0 Å². The Bertz CT molecular complexity index is 1240. The van der Waals surface area contributed by atoms with Gasteiger partial charge in [0.05, 0.1) is 17.2 Å². The van der Waals surface area contributed by atoms with Crippen LogP contribution in [0.4, 0.5) is 5.69 Å². The minimum atomic E-state index is -0.326. The van der Waals surface area contributed by atoms with Crippen LogP contribution in [0.2, 0.25) is 0 Å². The normalized spacial score (nSPS) is 22.5. The number of primary amides is 1. The highest BCUT2D eigenvalue weighted by atomic mass is 16.4. The Morgan fingerprint density at radius 3 is 2.66 bits per heavy atom. The van der Waals surface area contributed by atoms with E-state index in [1.165, 1.54) is 0 Å². The van der Waals surface area contributed by atoms with Gasteiger partial charge in [-0.3, -0.25) is 4.79 Å². The number of nitrogens with two attached hydrogens (primary N) is 1. The van der Waals surface area contributed by atoms with Crippen molar-refractivity contribution in [1.82, 2.24) is 9.88 Å². The van der Waals surface area contributed by atoms with Crippen LogP contribution in [0.3, 0.4) is 0 Å². The number of nitrogens with zero attached hydrogens (tertiary/aromatic N) is 4. The van der Waals surface area contributed by atoms with Crippen LogP contribution in [0.15, 0.2) is 34.7 Å². The monoisotopic (exact) mass is 429 g/mol. The van der Waals surface area contributed by atoms with Crippen molar-refractivity contribution in [1.29, 1.82) is 5.26 Å². The summed E-state index contributed by atoms with van der Waals surface area (Å²) in [6.45, 7) is 3.75. The fourth-order valence-corrected chi connectivity index (χ4v) is 4.96. The number of rotatable bonds is 5. The first kappa shape index (κ1) is 20.5. The lowest BCUT2D eigenvalue weighted by Crippen LogP contribution is -2.31. The molecule has 0 bridgehead atoms. The molecule has 2 aromatic carbocycles. The summed E-state index contributed by atoms with van der Waals surface area (Å²) < 4.78 is 6.35. The summed E-state index contributed by atoms with van der Waals surface area (Å²) in [7, 11) is 4.21. The molecule has 5 rings (SSSR count). The number of fused-ring (bicyclic) bond motifs is 1. The molecule has 7 heteroatoms. The first-order valence-corrected chi connectivity index (χ1v) is 11.0. The Labute approximate surface area is 187 Å². The molecule has 2 unspecified atom stereocenters. The first-order valence-electron chi connectivity index (χ1n) is 11.0. The maximum atomic E-state index is 11.6. The molecule has 0 radical (unpaired) electrons. The smallest absolute Gasteiger partial charge is 0.221 e. The SMILES string of the molecule is Cc1c(-c2ccccc2)c(N2CC[C@H](N(C)C)C2)c2oc(C3CC3C(N)=O)nc2c1C#N. The molecule has 1 aliphatic carbocycles. The number of aromatic nitrogens is 1. The molecular formula is C25H27N5O2. The van der Waals surface area contributed by atoms with Crippen LogP contribution in [-0.2, 0) is 4.79 Å². The third-order valence-corrected chi connectivity index (χ3v) is 6.94. The van der Waals surface area contributed by atoms with Crippen molar-refractivity contribution in [2.24, 2.45) is 11.7 Å². The predicted molar refractivity (Wildman–Crippen MR) is 123 cm³/mol. The van der Waals surface area contributed by atoms with E-state index >= 15 is 0 Å². The number of hydrogen-bond donors (Lipinski definition) is 1. The van der Waals surface area contributed by atoms with Crippen molar-refractivity contribution in [3.8, 4) is 17.2 Å². The van der Waals surface area contributed by atoms with Gasteiger partial charge in [0.1, 0.15) is 11.6 Å². The number of likely N-dealkylation sites (N-methyl/N-ethyl adjacent to an activating group) is 1. The number of amides is 1. The molecule has 0 spiro atoms. The zero-order chi connectivity index (χ0) is 22.6. The number of anilines is 1. The lowest BCUT2D eigenvalue weighted by molar-refractivity contribution is -0.119. The van der Waals surface area contributed by atoms with E-state index in [1.807, 2.05) is 25.1 Å². The summed E-state index contributed by atoms with van der Waals surface area (Å²) >= 11 is 0. The number of hydrogen-bond acceptors (Lipinski definition) is 6. The van der Waals surface area contributed by atoms with Gasteiger partial charge in [0.25, 0.3) is 0 Å². The Morgan fingerprint density at radius 2 is 2.06 bits per heavy atom. The van der Waals surface area contributed by atoms with Gasteiger partial charge in [-0.2, -0.15) is 5.26 Å². The molecule has 3 atom stereocenters. The molecule has 1 amide bonds. The quantitative estimate of drug-likeness (QED) is 0.667. The van der Waals surface area contributed by atoms with Gasteiger partial charge in [0, 0.05) is 30.6 Å². The molecule has 1 aromatic heterocycles. The van der Waals surface area contributed by atoms with Crippen LogP contribution < -0.4 is 10.6 Å². The van der Waals surface area contributed by atoms with Crippen molar-refractivity contribution in [3.05, 3.63) is 47.3 Å². The summed E-state index contributed by atoms with van der Waals surface area (Å²) in [5.41, 5.74) is 11.2. The van der Waals surface area contributed by atoms with Crippen LogP contribution in [0.5, 0.6) is 0 Å². The second kappa shape index (κ2) is 7.64. The van der Waals surface area contributed by atoms with Crippen molar-refractivity contribution in [2.45, 2.75) is 31.7 Å². The van der Waals surface area contributed by atoms with Crippen molar-refractivity contribution >= 4 is 22.7 Å². The Balaban J connectivity index is 1.75. The highest BCUT2D eigenvalue weighted by molar-refractivity contribution is 6.02. The van der Waals surface area contributed by atoms with E-state index in [2.05, 4.69) is 42.1 Å². The van der Waals surface area contributed by atoms with Gasteiger partial charge in [-0.05, 0) is 45.0 Å². The lowest BCUT2D eigenvalue weighted by atomic mass is 9.93. The zero-order valence-electron chi connectivity index (χ0n) is 18.6. The molecule has 32 heavy (non-hydrogen) atoms. The fraction of sp³-hybridized carbons (Fsp3) is 0.400. The number of nitriles is 1. The van der Waals surface area contributed by atoms with Gasteiger partial charge in [-0.25, -0.2) is 4.98 Å². The standard InChI is InChI=1S/C25H27N5O2/c1-14-19(12-26)21-23(32-25(28-21)18-11-17(18)24(27)31)22(20(14)15-7-5-4-6-8-15)30-10-9-16(13-30)29(2)3/h4-8,16-18H,9-11,13H2,1-3H3,(H2,27,31)/t16-,17?,18?/m0/s1. The first-order chi connectivity index (χ1) is 15.4. The number of carbonyl (C=O) groups is 1. The van der Waals surface area contributed by atoms with E-state index < -0.39 is 0 Å². The molecule has 3 aromatic rings. The Morgan fingerprint density at radius 1 is 1.31 bits per heavy atom. The number of carbonyl (C=O) groups excluding carboxylic acids is 1. The summed E-state index contributed by atoms with van der Waals surface area (Å²) in [5.74, 6) is -0.161. The zero-order valence-corrected chi connectivity index (χ0v) is 18.6. The van der Waals surface area contributed by atoms with Crippen molar-refractivity contribution in [3.63, 3.8) is 0 Å². The molecule has 1 aliphatic heterocycles. The largest absolute Gasteiger partial charge is 0.438 e. The predicted octanol–water partition coefficient (Wildman–Crippen LogP) is 3.40. The summed E-state index contributed by atoms with van der Waals surface area (Å²) in [5, 5.41) is 10.0. The average molecular weight is 430 g/mol. The fourth-order valence-electron chi connectivity index (χ4n) is 4.96. The van der Waals surface area contributed by atoms with Crippen LogP contribution in [-0.4, -0.2) is 49.0 Å². The third-order valence-electron chi connectivity index (χ3n) is 6.94. The molecule has 1 saturated heterocycles. The number of benzene rings is 2. The second-order valence-electron chi connectivity index (χ2n) is 9.13. The van der Waals surface area contributed by atoms with Gasteiger partial charge >= 0.3 is 0 Å². The average Bonchev–Trinajstić information content (AvgIpc) is 3.23. The summed E-state index contributed by atoms with van der Waals surface area (Å²) in [6.07, 6.45) is 1.70. The van der Waals surface area contributed by atoms with E-state index in [4.69, 9.17) is 15.1 Å². The van der Waals surface area contributed by atoms with Crippen LogP contribution >= 0.6 is 0 Å². The van der Waals surface area contributed by atoms with E-state index in [-0.39, 0.29) is 17.7 Å². The molecule has 1 saturated carbocycles. The molecule has 7 nitrogen and oxygen atoms in total. The minimum Gasteiger partial charge on any atom is -0.438 e. The van der Waals surface area contributed by atoms with E-state index in [0.717, 1.165) is 41.9 Å². The molecule has 2 N–H and O–H groups in total. The van der Waals surface area contributed by atoms with E-state index in [1.54, 1.807) is 0 Å². The maximum absolute atomic E-state index is 11.6. The lowest BCUT2D eigenvalue weighted by Gasteiger charge is -2.25. The van der Waals surface area contributed by atoms with Crippen molar-refractivity contribution < 1.29 is 9.21 Å². The highest BCUT2D eigenvalue weighted by Crippen LogP contribution is 2.50. The van der Waals surface area contributed by atoms with Crippen LogP contribution in [0, 0.1) is 24.2 Å². The Hall–Kier alpha value is -3.37. The molecule has 2 fully saturated rings. The summed E-state index contributed by atoms with van der Waals surface area (Å²) in [4.78, 5) is 21.0. The maximum Gasteiger partial charge on any atom is 0.221 e. The van der Waals surface area contributed by atoms with Gasteiger partial charge in [-0.1, -0.05) is 30.3 Å². The third kappa shape index (κ3) is 3.23. The van der Waals surface area contributed by atoms with Gasteiger partial charge in [-0.15, -0.1) is 0 Å². The molecule has 2 heterocycles. The van der Waals surface area contributed by atoms with Crippen LogP contribution in [0.25, 0.3) is 22.2 Å². The number of oxazole rings is 1. The van der Waals surface area contributed by atoms with Gasteiger partial charge in [0.2, 0.25) is 5.91 Å². The summed E-state index contributed by atoms with van der Waals surface area (Å²) in [6, 6.07) is 12.9. The van der Waals surface area contributed by atoms with Gasteiger partial charge in [0.15, 0.2) is 11.5 Å². The van der Waals surface area contributed by atoms with E-state index in [9.17, 15) is 10.1 Å². The Kier molecular flexibility index (Phi) is 4.90. The van der Waals surface area contributed by atoms with Crippen LogP contribution in [0.1, 0.15) is 35.8 Å². The van der Waals surface area contributed by atoms with Crippen molar-refractivity contribution in [2.75, 3.05) is 32.1 Å². The highest BCUT2D eigenvalue weighted by Gasteiger charge is 2.47. The molecule has 2 aliphatic rings. The second-order valence-corrected chi connectivity index (χ2v) is 9.13. The van der Waals surface area contributed by atoms with Gasteiger partial charge < -0.3 is 20.0 Å².